The van der Waals surface area contributed by atoms with Gasteiger partial charge in [0.2, 0.25) is 0 Å². The number of benzene rings is 2. The Labute approximate surface area is 224 Å². The van der Waals surface area contributed by atoms with Crippen LogP contribution >= 0.6 is 11.6 Å². The number of piperazine rings is 1. The highest BCUT2D eigenvalue weighted by Crippen LogP contribution is 2.47. The van der Waals surface area contributed by atoms with Crippen LogP contribution in [0.15, 0.2) is 24.8 Å². The number of anilines is 1. The number of rotatable bonds is 3. The lowest BCUT2D eigenvalue weighted by Crippen LogP contribution is -2.55. The number of imidazole rings is 1. The Morgan fingerprint density at radius 1 is 1.16 bits per heavy atom. The monoisotopic (exact) mass is 540 g/mol. The van der Waals surface area contributed by atoms with Crippen LogP contribution in [0.3, 0.4) is 0 Å². The number of carbonyl (C=O) groups is 1. The maximum Gasteiger partial charge on any atom is 0.410 e. The molecule has 38 heavy (non-hydrogen) atoms. The topological polar surface area (TPSA) is 96.5 Å². The summed E-state index contributed by atoms with van der Waals surface area (Å²) >= 11 is 6.89. The van der Waals surface area contributed by atoms with Crippen LogP contribution in [-0.2, 0) is 4.74 Å². The molecular weight excluding hydrogens is 511 g/mol. The summed E-state index contributed by atoms with van der Waals surface area (Å²) in [6.45, 7) is 10.7. The van der Waals surface area contributed by atoms with Gasteiger partial charge >= 0.3 is 6.09 Å². The molecule has 1 aliphatic rings. The number of hydrogen-bond donors (Lipinski definition) is 1. The van der Waals surface area contributed by atoms with Crippen molar-refractivity contribution in [1.82, 2.24) is 24.8 Å². The summed E-state index contributed by atoms with van der Waals surface area (Å²) in [6, 6.07) is 3.61. The molecular formula is C27H30ClFN6O3. The Kier molecular flexibility index (Phi) is 6.54. The van der Waals surface area contributed by atoms with Gasteiger partial charge in [-0.1, -0.05) is 17.7 Å². The molecule has 0 radical (unpaired) electrons. The summed E-state index contributed by atoms with van der Waals surface area (Å²) in [6.07, 6.45) is 2.54. The fourth-order valence-corrected chi connectivity index (χ4v) is 5.36. The third kappa shape index (κ3) is 4.36. The first kappa shape index (κ1) is 26.0. The zero-order chi connectivity index (χ0) is 27.4. The minimum Gasteiger partial charge on any atom is -0.494 e. The van der Waals surface area contributed by atoms with Gasteiger partial charge in [-0.25, -0.2) is 24.1 Å². The van der Waals surface area contributed by atoms with Gasteiger partial charge in [-0.05, 0) is 46.2 Å². The Morgan fingerprint density at radius 2 is 1.92 bits per heavy atom. The van der Waals surface area contributed by atoms with Gasteiger partial charge in [-0.15, -0.1) is 0 Å². The second-order valence-electron chi connectivity index (χ2n) is 10.5. The van der Waals surface area contributed by atoms with Crippen molar-refractivity contribution >= 4 is 45.4 Å². The van der Waals surface area contributed by atoms with E-state index in [4.69, 9.17) is 21.1 Å². The number of nitrogens with zero attached hydrogens (tertiary/aromatic N) is 5. The lowest BCUT2D eigenvalue weighted by Gasteiger charge is -2.41. The highest BCUT2D eigenvalue weighted by atomic mass is 35.5. The van der Waals surface area contributed by atoms with Gasteiger partial charge in [0.1, 0.15) is 23.3 Å². The third-order valence-electron chi connectivity index (χ3n) is 6.71. The van der Waals surface area contributed by atoms with Crippen LogP contribution in [0.5, 0.6) is 5.75 Å². The van der Waals surface area contributed by atoms with Crippen molar-refractivity contribution in [3.05, 3.63) is 41.2 Å². The first-order valence-corrected chi connectivity index (χ1v) is 12.8. The number of carbonyl (C=O) groups excluding carboxylic acids is 1. The molecule has 1 saturated heterocycles. The molecule has 9 nitrogen and oxygen atoms in total. The van der Waals surface area contributed by atoms with Crippen LogP contribution in [0, 0.1) is 12.7 Å². The Balaban J connectivity index is 1.61. The quantitative estimate of drug-likeness (QED) is 0.354. The van der Waals surface area contributed by atoms with E-state index in [9.17, 15) is 4.79 Å². The van der Waals surface area contributed by atoms with Crippen LogP contribution in [-0.4, -0.2) is 69.3 Å². The molecule has 0 bridgehead atoms. The molecule has 1 fully saturated rings. The number of amides is 1. The fourth-order valence-electron chi connectivity index (χ4n) is 5.01. The smallest absolute Gasteiger partial charge is 0.410 e. The van der Waals surface area contributed by atoms with E-state index in [1.165, 1.54) is 13.4 Å². The summed E-state index contributed by atoms with van der Waals surface area (Å²) in [4.78, 5) is 32.7. The summed E-state index contributed by atoms with van der Waals surface area (Å²) in [5.41, 5.74) is 2.45. The third-order valence-corrected chi connectivity index (χ3v) is 7.07. The predicted molar refractivity (Wildman–Crippen MR) is 145 cm³/mol. The van der Waals surface area contributed by atoms with E-state index in [0.717, 1.165) is 11.1 Å². The molecule has 2 aromatic heterocycles. The van der Waals surface area contributed by atoms with E-state index >= 15 is 4.39 Å². The SMILES string of the molecule is COc1c(Cl)c(-c2c(C)ccc3[nH]cnc23)c(F)c2ncnc(N3CCN(C(=O)OC(C)(C)C)[C@H](C)C3)c12. The molecule has 0 unspecified atom stereocenters. The van der Waals surface area contributed by atoms with Gasteiger partial charge in [-0.2, -0.15) is 0 Å². The summed E-state index contributed by atoms with van der Waals surface area (Å²) < 4.78 is 27.7. The summed E-state index contributed by atoms with van der Waals surface area (Å²) in [5, 5.41) is 0.499. The maximum atomic E-state index is 16.3. The molecule has 4 aromatic rings. The Hall–Kier alpha value is -3.66. The van der Waals surface area contributed by atoms with Gasteiger partial charge in [0, 0.05) is 36.8 Å². The number of nitrogens with one attached hydrogen (secondary N) is 1. The molecule has 2 aromatic carbocycles. The van der Waals surface area contributed by atoms with Crippen molar-refractivity contribution in [3.63, 3.8) is 0 Å². The summed E-state index contributed by atoms with van der Waals surface area (Å²) in [7, 11) is 1.49. The lowest BCUT2D eigenvalue weighted by molar-refractivity contribution is 0.0158. The van der Waals surface area contributed by atoms with Crippen molar-refractivity contribution < 1.29 is 18.7 Å². The van der Waals surface area contributed by atoms with E-state index in [1.54, 1.807) is 11.2 Å². The number of aryl methyl sites for hydroxylation is 1. The van der Waals surface area contributed by atoms with E-state index < -0.39 is 11.4 Å². The molecule has 1 atom stereocenters. The Bertz CT molecular complexity index is 1550. The average Bonchev–Trinajstić information content (AvgIpc) is 3.33. The predicted octanol–water partition coefficient (Wildman–Crippen LogP) is 5.73. The number of methoxy groups -OCH3 is 1. The largest absolute Gasteiger partial charge is 0.494 e. The molecule has 200 valence electrons. The highest BCUT2D eigenvalue weighted by molar-refractivity contribution is 6.37. The van der Waals surface area contributed by atoms with Gasteiger partial charge in [0.25, 0.3) is 0 Å². The fraction of sp³-hybridized carbons (Fsp3) is 0.407. The van der Waals surface area contributed by atoms with Crippen LogP contribution in [0.25, 0.3) is 33.1 Å². The van der Waals surface area contributed by atoms with Crippen molar-refractivity contribution in [2.45, 2.75) is 46.3 Å². The molecule has 1 amide bonds. The highest BCUT2D eigenvalue weighted by Gasteiger charge is 2.34. The number of aromatic nitrogens is 4. The average molecular weight is 541 g/mol. The molecule has 0 aliphatic carbocycles. The van der Waals surface area contributed by atoms with Crippen LogP contribution in [0.1, 0.15) is 33.3 Å². The molecule has 0 saturated carbocycles. The van der Waals surface area contributed by atoms with Crippen LogP contribution in [0.2, 0.25) is 5.02 Å². The lowest BCUT2D eigenvalue weighted by atomic mass is 9.96. The second-order valence-corrected chi connectivity index (χ2v) is 10.9. The van der Waals surface area contributed by atoms with Crippen molar-refractivity contribution in [2.24, 2.45) is 0 Å². The maximum absolute atomic E-state index is 16.3. The van der Waals surface area contributed by atoms with E-state index in [2.05, 4.69) is 19.9 Å². The van der Waals surface area contributed by atoms with Crippen LogP contribution < -0.4 is 9.64 Å². The normalized spacial score (nSPS) is 16.4. The molecule has 11 heteroatoms. The number of fused-ring (bicyclic) bond motifs is 2. The molecule has 0 spiro atoms. The van der Waals surface area contributed by atoms with E-state index in [1.807, 2.05) is 51.7 Å². The van der Waals surface area contributed by atoms with Gasteiger partial charge in [0.15, 0.2) is 11.6 Å². The van der Waals surface area contributed by atoms with Crippen LogP contribution in [0.4, 0.5) is 15.0 Å². The van der Waals surface area contributed by atoms with Gasteiger partial charge in [-0.3, -0.25) is 0 Å². The van der Waals surface area contributed by atoms with E-state index in [-0.39, 0.29) is 34.0 Å². The minimum absolute atomic E-state index is 0.0976. The van der Waals surface area contributed by atoms with E-state index in [0.29, 0.717) is 41.9 Å². The Morgan fingerprint density at radius 3 is 2.61 bits per heavy atom. The number of aromatic amines is 1. The zero-order valence-electron chi connectivity index (χ0n) is 22.2. The molecule has 3 heterocycles. The number of H-pyrrole nitrogens is 1. The standard InChI is InChI=1S/C27H30ClFN6O3/c1-14-7-8-16-22(31-12-30-16)17(14)18-20(28)24(37-6)19-23(21(18)29)32-13-33-25(19)34-9-10-35(15(2)11-34)26(36)38-27(3,4)5/h7-8,12-13,15H,9-11H2,1-6H3,(H,30,31)/t15-/m1/s1. The van der Waals surface area contributed by atoms with Gasteiger partial charge < -0.3 is 24.3 Å². The van der Waals surface area contributed by atoms with Crippen molar-refractivity contribution in [2.75, 3.05) is 31.6 Å². The van der Waals surface area contributed by atoms with Crippen molar-refractivity contribution in [3.8, 4) is 16.9 Å². The molecule has 1 aliphatic heterocycles. The number of hydrogen-bond acceptors (Lipinski definition) is 7. The second kappa shape index (κ2) is 9.58. The minimum atomic E-state index is -0.589. The molecule has 5 rings (SSSR count). The zero-order valence-corrected chi connectivity index (χ0v) is 23.0. The first-order chi connectivity index (χ1) is 18.0. The number of halogens is 2. The van der Waals surface area contributed by atoms with Gasteiger partial charge in [0.05, 0.1) is 34.9 Å². The molecule has 1 N–H and O–H groups in total. The summed E-state index contributed by atoms with van der Waals surface area (Å²) in [5.74, 6) is 0.195. The first-order valence-electron chi connectivity index (χ1n) is 12.4. The number of ether oxygens (including phenoxy) is 2. The van der Waals surface area contributed by atoms with Crippen molar-refractivity contribution in [1.29, 1.82) is 0 Å².